The molecule has 0 aliphatic heterocycles. The van der Waals surface area contributed by atoms with E-state index in [1.165, 1.54) is 30.0 Å². The molecule has 0 fully saturated rings. The van der Waals surface area contributed by atoms with Gasteiger partial charge in [0.1, 0.15) is 6.04 Å². The van der Waals surface area contributed by atoms with Crippen LogP contribution in [0.5, 0.6) is 0 Å². The molecule has 0 spiro atoms. The fourth-order valence-electron chi connectivity index (χ4n) is 2.19. The second kappa shape index (κ2) is 12.4. The molecule has 12 heteroatoms. The molecule has 30 heavy (non-hydrogen) atoms. The predicted molar refractivity (Wildman–Crippen MR) is 110 cm³/mol. The summed E-state index contributed by atoms with van der Waals surface area (Å²) >= 11 is 1.43. The molecule has 11 nitrogen and oxygen atoms in total. The number of ether oxygens (including phenoxy) is 1. The van der Waals surface area contributed by atoms with Crippen molar-refractivity contribution in [2.45, 2.75) is 32.4 Å². The molecule has 0 radical (unpaired) electrons. The normalized spacial score (nSPS) is 11.3. The van der Waals surface area contributed by atoms with Crippen LogP contribution in [-0.4, -0.2) is 59.4 Å². The number of nitro groups is 1. The van der Waals surface area contributed by atoms with Crippen LogP contribution in [0.3, 0.4) is 0 Å². The van der Waals surface area contributed by atoms with Gasteiger partial charge < -0.3 is 15.4 Å². The SMILES string of the molecule is CSCCC(NC(=O)c1cccc([N+](=O)[O-])c1)C(=O)OCC(=O)NC(=O)NC(C)C. The van der Waals surface area contributed by atoms with Crippen LogP contribution in [0.1, 0.15) is 30.6 Å². The van der Waals surface area contributed by atoms with E-state index in [1.807, 2.05) is 11.6 Å². The second-order valence-electron chi connectivity index (χ2n) is 6.40. The highest BCUT2D eigenvalue weighted by atomic mass is 32.2. The molecule has 0 saturated heterocycles. The molecule has 4 amide bonds. The number of thioether (sulfide) groups is 1. The van der Waals surface area contributed by atoms with Gasteiger partial charge in [0.15, 0.2) is 6.61 Å². The quantitative estimate of drug-likeness (QED) is 0.278. The third-order valence-corrected chi connectivity index (χ3v) is 4.18. The van der Waals surface area contributed by atoms with Gasteiger partial charge in [-0.3, -0.25) is 25.0 Å². The van der Waals surface area contributed by atoms with Crippen LogP contribution in [-0.2, 0) is 14.3 Å². The summed E-state index contributed by atoms with van der Waals surface area (Å²) in [7, 11) is 0. The van der Waals surface area contributed by atoms with Crippen molar-refractivity contribution in [1.82, 2.24) is 16.0 Å². The highest BCUT2D eigenvalue weighted by molar-refractivity contribution is 7.98. The smallest absolute Gasteiger partial charge is 0.329 e. The van der Waals surface area contributed by atoms with Crippen LogP contribution in [0.25, 0.3) is 0 Å². The number of nitrogens with one attached hydrogen (secondary N) is 3. The Balaban J connectivity index is 2.71. The molecule has 0 aromatic heterocycles. The number of hydrogen-bond acceptors (Lipinski definition) is 8. The Morgan fingerprint density at radius 1 is 1.20 bits per heavy atom. The molecule has 0 aliphatic rings. The van der Waals surface area contributed by atoms with E-state index >= 15 is 0 Å². The van der Waals surface area contributed by atoms with E-state index < -0.39 is 41.4 Å². The van der Waals surface area contributed by atoms with Crippen molar-refractivity contribution < 1.29 is 28.8 Å². The number of amides is 4. The first kappa shape index (κ1) is 24.9. The number of hydrogen-bond donors (Lipinski definition) is 3. The van der Waals surface area contributed by atoms with Gasteiger partial charge in [0, 0.05) is 23.7 Å². The summed E-state index contributed by atoms with van der Waals surface area (Å²) < 4.78 is 4.90. The molecule has 164 valence electrons. The van der Waals surface area contributed by atoms with E-state index in [0.29, 0.717) is 5.75 Å². The maximum absolute atomic E-state index is 12.4. The molecule has 0 heterocycles. The monoisotopic (exact) mass is 440 g/mol. The van der Waals surface area contributed by atoms with Crippen LogP contribution in [0.15, 0.2) is 24.3 Å². The van der Waals surface area contributed by atoms with E-state index in [9.17, 15) is 29.3 Å². The summed E-state index contributed by atoms with van der Waals surface area (Å²) in [4.78, 5) is 58.1. The number of carbonyl (C=O) groups is 4. The van der Waals surface area contributed by atoms with Gasteiger partial charge in [-0.25, -0.2) is 9.59 Å². The van der Waals surface area contributed by atoms with E-state index in [1.54, 1.807) is 13.8 Å². The third-order valence-electron chi connectivity index (χ3n) is 3.54. The van der Waals surface area contributed by atoms with Crippen molar-refractivity contribution in [3.8, 4) is 0 Å². The Bertz CT molecular complexity index is 800. The van der Waals surface area contributed by atoms with E-state index in [-0.39, 0.29) is 23.7 Å². The average molecular weight is 440 g/mol. The van der Waals surface area contributed by atoms with E-state index in [0.717, 1.165) is 6.07 Å². The lowest BCUT2D eigenvalue weighted by Crippen LogP contribution is -2.46. The number of nitro benzene ring substituents is 1. The molecule has 1 rings (SSSR count). The van der Waals surface area contributed by atoms with Crippen molar-refractivity contribution in [2.75, 3.05) is 18.6 Å². The van der Waals surface area contributed by atoms with Crippen LogP contribution >= 0.6 is 11.8 Å². The largest absolute Gasteiger partial charge is 0.454 e. The highest BCUT2D eigenvalue weighted by Crippen LogP contribution is 2.13. The molecule has 1 unspecified atom stereocenters. The summed E-state index contributed by atoms with van der Waals surface area (Å²) in [6, 6.07) is 3.09. The lowest BCUT2D eigenvalue weighted by Gasteiger charge is -2.17. The molecule has 0 aliphatic carbocycles. The van der Waals surface area contributed by atoms with Gasteiger partial charge >= 0.3 is 12.0 Å². The zero-order chi connectivity index (χ0) is 22.7. The Morgan fingerprint density at radius 3 is 2.50 bits per heavy atom. The zero-order valence-electron chi connectivity index (χ0n) is 16.8. The molecular formula is C18H24N4O7S. The molecule has 1 aromatic rings. The number of carbonyl (C=O) groups excluding carboxylic acids is 4. The van der Waals surface area contributed by atoms with Crippen molar-refractivity contribution in [3.63, 3.8) is 0 Å². The van der Waals surface area contributed by atoms with Gasteiger partial charge in [-0.2, -0.15) is 11.8 Å². The standard InChI is InChI=1S/C18H24N4O7S/c1-11(2)19-18(26)21-15(23)10-29-17(25)14(7-8-30-3)20-16(24)12-5-4-6-13(9-12)22(27)28/h4-6,9,11,14H,7-8,10H2,1-3H3,(H,20,24)(H2,19,21,23,26). The minimum absolute atomic E-state index is 0.00857. The van der Waals surface area contributed by atoms with Crippen molar-refractivity contribution in [1.29, 1.82) is 0 Å². The van der Waals surface area contributed by atoms with Gasteiger partial charge in [-0.05, 0) is 38.3 Å². The van der Waals surface area contributed by atoms with Crippen molar-refractivity contribution in [3.05, 3.63) is 39.9 Å². The highest BCUT2D eigenvalue weighted by Gasteiger charge is 2.24. The first-order valence-corrected chi connectivity index (χ1v) is 10.3. The van der Waals surface area contributed by atoms with Gasteiger partial charge in [0.2, 0.25) is 0 Å². The summed E-state index contributed by atoms with van der Waals surface area (Å²) in [5.41, 5.74) is -0.253. The number of urea groups is 1. The van der Waals surface area contributed by atoms with Gasteiger partial charge in [-0.1, -0.05) is 6.07 Å². The Labute approximate surface area is 177 Å². The third kappa shape index (κ3) is 8.90. The van der Waals surface area contributed by atoms with Crippen LogP contribution in [0, 0.1) is 10.1 Å². The summed E-state index contributed by atoms with van der Waals surface area (Å²) in [5, 5.41) is 17.8. The molecule has 1 atom stereocenters. The Hall–Kier alpha value is -3.15. The van der Waals surface area contributed by atoms with Gasteiger partial charge in [-0.15, -0.1) is 0 Å². The number of non-ortho nitro benzene ring substituents is 1. The number of esters is 1. The maximum atomic E-state index is 12.4. The van der Waals surface area contributed by atoms with Crippen LogP contribution in [0.2, 0.25) is 0 Å². The number of rotatable bonds is 10. The minimum atomic E-state index is -1.07. The molecule has 0 saturated carbocycles. The number of nitrogens with zero attached hydrogens (tertiary/aromatic N) is 1. The van der Waals surface area contributed by atoms with Gasteiger partial charge in [0.25, 0.3) is 17.5 Å². The molecule has 0 bridgehead atoms. The topological polar surface area (TPSA) is 157 Å². The Morgan fingerprint density at radius 2 is 1.90 bits per heavy atom. The summed E-state index contributed by atoms with van der Waals surface area (Å²) in [6.45, 7) is 2.72. The summed E-state index contributed by atoms with van der Waals surface area (Å²) in [5.74, 6) is -1.86. The lowest BCUT2D eigenvalue weighted by molar-refractivity contribution is -0.384. The molecule has 3 N–H and O–H groups in total. The maximum Gasteiger partial charge on any atom is 0.329 e. The van der Waals surface area contributed by atoms with Crippen molar-refractivity contribution >= 4 is 41.3 Å². The fraction of sp³-hybridized carbons (Fsp3) is 0.444. The zero-order valence-corrected chi connectivity index (χ0v) is 17.6. The number of benzene rings is 1. The van der Waals surface area contributed by atoms with Gasteiger partial charge in [0.05, 0.1) is 4.92 Å². The minimum Gasteiger partial charge on any atom is -0.454 e. The second-order valence-corrected chi connectivity index (χ2v) is 7.38. The molecule has 1 aromatic carbocycles. The number of imide groups is 1. The molecular weight excluding hydrogens is 416 g/mol. The van der Waals surface area contributed by atoms with Crippen molar-refractivity contribution in [2.24, 2.45) is 0 Å². The fourth-order valence-corrected chi connectivity index (χ4v) is 2.66. The first-order chi connectivity index (χ1) is 14.1. The average Bonchev–Trinajstić information content (AvgIpc) is 2.68. The Kier molecular flexibility index (Phi) is 10.3. The van der Waals surface area contributed by atoms with Crippen LogP contribution < -0.4 is 16.0 Å². The van der Waals surface area contributed by atoms with E-state index in [2.05, 4.69) is 10.6 Å². The summed E-state index contributed by atoms with van der Waals surface area (Å²) in [6.07, 6.45) is 2.03. The lowest BCUT2D eigenvalue weighted by atomic mass is 10.1. The predicted octanol–water partition coefficient (Wildman–Crippen LogP) is 1.22. The first-order valence-electron chi connectivity index (χ1n) is 8.95. The van der Waals surface area contributed by atoms with Crippen LogP contribution in [0.4, 0.5) is 10.5 Å². The van der Waals surface area contributed by atoms with E-state index in [4.69, 9.17) is 4.74 Å².